The van der Waals surface area contributed by atoms with E-state index in [0.717, 1.165) is 31.1 Å². The first kappa shape index (κ1) is 11.0. The van der Waals surface area contributed by atoms with Gasteiger partial charge < -0.3 is 11.1 Å². The smallest absolute Gasteiger partial charge is 0.0798 e. The van der Waals surface area contributed by atoms with E-state index < -0.39 is 0 Å². The average Bonchev–Trinajstić information content (AvgIpc) is 2.99. The van der Waals surface area contributed by atoms with Crippen LogP contribution < -0.4 is 11.1 Å². The maximum absolute atomic E-state index is 6.02. The first-order valence-electron chi connectivity index (χ1n) is 5.62. The SMILES string of the molecule is Cc1ncsc1CNCCC(N)C1CC1. The molecular formula is C11H19N3S. The zero-order chi connectivity index (χ0) is 10.7. The molecule has 84 valence electrons. The lowest BCUT2D eigenvalue weighted by Gasteiger charge is -2.10. The molecular weight excluding hydrogens is 206 g/mol. The molecule has 4 heteroatoms. The first-order chi connectivity index (χ1) is 7.27. The Morgan fingerprint density at radius 2 is 2.47 bits per heavy atom. The van der Waals surface area contributed by atoms with Crippen molar-refractivity contribution >= 4 is 11.3 Å². The summed E-state index contributed by atoms with van der Waals surface area (Å²) in [6.45, 7) is 4.02. The van der Waals surface area contributed by atoms with Gasteiger partial charge in [-0.05, 0) is 38.6 Å². The van der Waals surface area contributed by atoms with Gasteiger partial charge in [-0.1, -0.05) is 0 Å². The first-order valence-corrected chi connectivity index (χ1v) is 6.50. The number of nitrogens with one attached hydrogen (secondary N) is 1. The van der Waals surface area contributed by atoms with Crippen LogP contribution in [-0.2, 0) is 6.54 Å². The third-order valence-corrected chi connectivity index (χ3v) is 3.95. The predicted octanol–water partition coefficient (Wildman–Crippen LogP) is 1.67. The second-order valence-corrected chi connectivity index (χ2v) is 5.27. The quantitative estimate of drug-likeness (QED) is 0.724. The highest BCUT2D eigenvalue weighted by molar-refractivity contribution is 7.09. The molecule has 0 saturated heterocycles. The van der Waals surface area contributed by atoms with Crippen LogP contribution in [0.15, 0.2) is 5.51 Å². The Hall–Kier alpha value is -0.450. The van der Waals surface area contributed by atoms with E-state index in [1.54, 1.807) is 11.3 Å². The normalized spacial score (nSPS) is 18.0. The number of aryl methyl sites for hydroxylation is 1. The number of nitrogens with zero attached hydrogens (tertiary/aromatic N) is 1. The molecule has 0 aliphatic heterocycles. The number of rotatable bonds is 6. The van der Waals surface area contributed by atoms with Gasteiger partial charge in [-0.3, -0.25) is 0 Å². The van der Waals surface area contributed by atoms with Crippen LogP contribution in [0.2, 0.25) is 0 Å². The van der Waals surface area contributed by atoms with E-state index in [2.05, 4.69) is 17.2 Å². The highest BCUT2D eigenvalue weighted by Gasteiger charge is 2.27. The fourth-order valence-corrected chi connectivity index (χ4v) is 2.47. The minimum atomic E-state index is 0.417. The molecule has 1 aliphatic carbocycles. The molecule has 1 aliphatic rings. The van der Waals surface area contributed by atoms with Gasteiger partial charge in [-0.2, -0.15) is 0 Å². The van der Waals surface area contributed by atoms with E-state index in [9.17, 15) is 0 Å². The van der Waals surface area contributed by atoms with Gasteiger partial charge in [0.15, 0.2) is 0 Å². The summed E-state index contributed by atoms with van der Waals surface area (Å²) in [4.78, 5) is 5.57. The van der Waals surface area contributed by atoms with E-state index >= 15 is 0 Å². The average molecular weight is 225 g/mol. The van der Waals surface area contributed by atoms with Crippen LogP contribution in [0.5, 0.6) is 0 Å². The Morgan fingerprint density at radius 1 is 1.67 bits per heavy atom. The molecule has 15 heavy (non-hydrogen) atoms. The lowest BCUT2D eigenvalue weighted by Crippen LogP contribution is -2.28. The van der Waals surface area contributed by atoms with E-state index in [4.69, 9.17) is 5.73 Å². The van der Waals surface area contributed by atoms with Crippen LogP contribution in [0.1, 0.15) is 29.8 Å². The van der Waals surface area contributed by atoms with Crippen molar-refractivity contribution in [1.29, 1.82) is 0 Å². The van der Waals surface area contributed by atoms with Crippen LogP contribution in [0.3, 0.4) is 0 Å². The van der Waals surface area contributed by atoms with Gasteiger partial charge in [0.2, 0.25) is 0 Å². The Balaban J connectivity index is 1.60. The van der Waals surface area contributed by atoms with E-state index in [0.29, 0.717) is 6.04 Å². The predicted molar refractivity (Wildman–Crippen MR) is 63.9 cm³/mol. The standard InChI is InChI=1S/C11H19N3S/c1-8-11(15-7-14-8)6-13-5-4-10(12)9-2-3-9/h7,9-10,13H,2-6,12H2,1H3. The van der Waals surface area contributed by atoms with E-state index in [1.807, 2.05) is 5.51 Å². The van der Waals surface area contributed by atoms with Crippen molar-refractivity contribution in [1.82, 2.24) is 10.3 Å². The molecule has 2 rings (SSSR count). The monoisotopic (exact) mass is 225 g/mol. The Labute approximate surface area is 95.1 Å². The molecule has 1 saturated carbocycles. The van der Waals surface area contributed by atoms with Gasteiger partial charge in [0.05, 0.1) is 11.2 Å². The van der Waals surface area contributed by atoms with Crippen molar-refractivity contribution in [3.63, 3.8) is 0 Å². The maximum atomic E-state index is 6.02. The highest BCUT2D eigenvalue weighted by atomic mass is 32.1. The lowest BCUT2D eigenvalue weighted by molar-refractivity contribution is 0.518. The summed E-state index contributed by atoms with van der Waals surface area (Å²) in [5.41, 5.74) is 9.08. The topological polar surface area (TPSA) is 50.9 Å². The number of hydrogen-bond donors (Lipinski definition) is 2. The fourth-order valence-electron chi connectivity index (χ4n) is 1.73. The molecule has 1 fully saturated rings. The third-order valence-electron chi connectivity index (χ3n) is 3.01. The molecule has 0 radical (unpaired) electrons. The summed E-state index contributed by atoms with van der Waals surface area (Å²) in [5.74, 6) is 0.817. The van der Waals surface area contributed by atoms with Crippen LogP contribution >= 0.6 is 11.3 Å². The van der Waals surface area contributed by atoms with Crippen molar-refractivity contribution in [2.24, 2.45) is 11.7 Å². The van der Waals surface area contributed by atoms with Crippen LogP contribution in [0.25, 0.3) is 0 Å². The minimum Gasteiger partial charge on any atom is -0.327 e. The van der Waals surface area contributed by atoms with Gasteiger partial charge in [0.25, 0.3) is 0 Å². The van der Waals surface area contributed by atoms with E-state index in [1.165, 1.54) is 17.7 Å². The van der Waals surface area contributed by atoms with Crippen LogP contribution in [0.4, 0.5) is 0 Å². The Kier molecular flexibility index (Phi) is 3.72. The molecule has 1 aromatic heterocycles. The molecule has 1 aromatic rings. The van der Waals surface area contributed by atoms with E-state index in [-0.39, 0.29) is 0 Å². The molecule has 3 N–H and O–H groups in total. The van der Waals surface area contributed by atoms with Crippen molar-refractivity contribution in [2.75, 3.05) is 6.54 Å². The summed E-state index contributed by atoms with van der Waals surface area (Å²) >= 11 is 1.72. The Morgan fingerprint density at radius 3 is 3.07 bits per heavy atom. The molecule has 1 atom stereocenters. The van der Waals surface area contributed by atoms with Crippen LogP contribution in [0, 0.1) is 12.8 Å². The Bertz CT molecular complexity index is 307. The minimum absolute atomic E-state index is 0.417. The number of hydrogen-bond acceptors (Lipinski definition) is 4. The number of thiazole rings is 1. The van der Waals surface area contributed by atoms with Gasteiger partial charge in [-0.25, -0.2) is 4.98 Å². The zero-order valence-electron chi connectivity index (χ0n) is 9.20. The number of nitrogens with two attached hydrogens (primary N) is 1. The molecule has 0 amide bonds. The molecule has 0 bridgehead atoms. The fraction of sp³-hybridized carbons (Fsp3) is 0.727. The maximum Gasteiger partial charge on any atom is 0.0798 e. The largest absolute Gasteiger partial charge is 0.327 e. The van der Waals surface area contributed by atoms with Gasteiger partial charge in [0.1, 0.15) is 0 Å². The summed E-state index contributed by atoms with van der Waals surface area (Å²) in [6, 6.07) is 0.417. The lowest BCUT2D eigenvalue weighted by atomic mass is 10.1. The van der Waals surface area contributed by atoms with Crippen LogP contribution in [-0.4, -0.2) is 17.6 Å². The van der Waals surface area contributed by atoms with Crippen molar-refractivity contribution in [3.05, 3.63) is 16.1 Å². The molecule has 0 aromatic carbocycles. The van der Waals surface area contributed by atoms with Crippen molar-refractivity contribution in [2.45, 2.75) is 38.8 Å². The summed E-state index contributed by atoms with van der Waals surface area (Å²) < 4.78 is 0. The third kappa shape index (κ3) is 3.26. The van der Waals surface area contributed by atoms with Gasteiger partial charge in [-0.15, -0.1) is 11.3 Å². The highest BCUT2D eigenvalue weighted by Crippen LogP contribution is 2.32. The summed E-state index contributed by atoms with van der Waals surface area (Å²) in [6.07, 6.45) is 3.78. The summed E-state index contributed by atoms with van der Waals surface area (Å²) in [7, 11) is 0. The second kappa shape index (κ2) is 5.05. The molecule has 1 heterocycles. The molecule has 3 nitrogen and oxygen atoms in total. The zero-order valence-corrected chi connectivity index (χ0v) is 10.0. The molecule has 1 unspecified atom stereocenters. The second-order valence-electron chi connectivity index (χ2n) is 4.33. The summed E-state index contributed by atoms with van der Waals surface area (Å²) in [5, 5.41) is 3.43. The van der Waals surface area contributed by atoms with Crippen molar-refractivity contribution < 1.29 is 0 Å². The van der Waals surface area contributed by atoms with Gasteiger partial charge in [0, 0.05) is 17.5 Å². The number of aromatic nitrogens is 1. The van der Waals surface area contributed by atoms with Crippen molar-refractivity contribution in [3.8, 4) is 0 Å². The molecule has 0 spiro atoms. The van der Waals surface area contributed by atoms with Gasteiger partial charge >= 0.3 is 0 Å².